The molecule has 3 atom stereocenters. The molecule has 1 saturated heterocycles. The molecule has 1 heterocycles. The van der Waals surface area contributed by atoms with Crippen LogP contribution in [-0.2, 0) is 10.2 Å². The van der Waals surface area contributed by atoms with Crippen molar-refractivity contribution in [3.8, 4) is 5.75 Å². The average molecular weight is 541 g/mol. The third-order valence-electron chi connectivity index (χ3n) is 9.33. The van der Waals surface area contributed by atoms with Crippen LogP contribution in [0.2, 0.25) is 0 Å². The molecule has 2 fully saturated rings. The van der Waals surface area contributed by atoms with Crippen LogP contribution in [0.1, 0.15) is 55.5 Å². The molecule has 3 aromatic carbocycles. The normalized spacial score (nSPS) is 25.0. The molecule has 1 aliphatic carbocycles. The Balaban J connectivity index is 1.55. The van der Waals surface area contributed by atoms with Gasteiger partial charge in [-0.15, -0.1) is 6.58 Å². The number of carbonyl (C=O) groups excluding carboxylic acids is 1. The number of hydrogen-bond acceptors (Lipinski definition) is 4. The second-order valence-electron chi connectivity index (χ2n) is 12.1. The van der Waals surface area contributed by atoms with Crippen molar-refractivity contribution in [2.75, 3.05) is 40.4 Å². The van der Waals surface area contributed by atoms with E-state index in [0.29, 0.717) is 5.92 Å². The minimum absolute atomic E-state index is 0.113. The fourth-order valence-corrected chi connectivity index (χ4v) is 7.37. The van der Waals surface area contributed by atoms with Crippen LogP contribution in [0.15, 0.2) is 79.4 Å². The number of ether oxygens (including phenoxy) is 2. The number of hydrogen-bond donors (Lipinski definition) is 0. The van der Waals surface area contributed by atoms with E-state index in [1.165, 1.54) is 5.56 Å². The lowest BCUT2D eigenvalue weighted by Crippen LogP contribution is -2.68. The van der Waals surface area contributed by atoms with Gasteiger partial charge in [0.15, 0.2) is 0 Å². The smallest absolute Gasteiger partial charge is 0.254 e. The molecular weight excluding hydrogens is 496 g/mol. The summed E-state index contributed by atoms with van der Waals surface area (Å²) >= 11 is 0. The fraction of sp³-hybridized carbons (Fsp3) is 0.457. The second kappa shape index (κ2) is 11.8. The van der Waals surface area contributed by atoms with Gasteiger partial charge in [0.2, 0.25) is 0 Å². The summed E-state index contributed by atoms with van der Waals surface area (Å²) in [6, 6.07) is 23.0. The van der Waals surface area contributed by atoms with E-state index in [-0.39, 0.29) is 23.0 Å². The van der Waals surface area contributed by atoms with Crippen molar-refractivity contribution in [3.05, 3.63) is 90.5 Å². The first kappa shape index (κ1) is 28.4. The SMILES string of the molecule is C=CCN1CC[C@@]2(c3cccc(OC)c3)C[C@H](N(CC(C)C)C(=O)c3ccc4ccccc4c3)CC[C@]2(OC)C1. The Labute approximate surface area is 239 Å². The number of nitrogens with zero attached hydrogens (tertiary/aromatic N) is 2. The molecule has 5 nitrogen and oxygen atoms in total. The van der Waals surface area contributed by atoms with Gasteiger partial charge < -0.3 is 14.4 Å². The third-order valence-corrected chi connectivity index (χ3v) is 9.33. The third kappa shape index (κ3) is 5.17. The quantitative estimate of drug-likeness (QED) is 0.283. The average Bonchev–Trinajstić information content (AvgIpc) is 2.99. The molecule has 1 amide bonds. The lowest BCUT2D eigenvalue weighted by atomic mass is 9.55. The Bertz CT molecular complexity index is 1350. The van der Waals surface area contributed by atoms with Crippen molar-refractivity contribution in [3.63, 3.8) is 0 Å². The van der Waals surface area contributed by atoms with Crippen molar-refractivity contribution in [1.82, 2.24) is 9.80 Å². The standard InChI is InChI=1S/C35H44N2O3/c1-6-19-36-20-18-34(30-12-9-13-32(22-30)39-4)23-31(16-17-35(34,25-36)40-5)37(24-26(2)3)33(38)29-15-14-27-10-7-8-11-28(27)21-29/h6-15,21-22,26,31H,1,16-20,23-25H2,2-5H3/t31-,34+,35+/m1/s1. The van der Waals surface area contributed by atoms with Gasteiger partial charge in [0.1, 0.15) is 5.75 Å². The molecule has 0 radical (unpaired) electrons. The Morgan fingerprint density at radius 1 is 1.07 bits per heavy atom. The highest BCUT2D eigenvalue weighted by molar-refractivity contribution is 5.98. The molecule has 0 aromatic heterocycles. The van der Waals surface area contributed by atoms with Crippen molar-refractivity contribution in [1.29, 1.82) is 0 Å². The zero-order valence-electron chi connectivity index (χ0n) is 24.6. The van der Waals surface area contributed by atoms with Crippen LogP contribution in [-0.4, -0.2) is 67.7 Å². The zero-order chi connectivity index (χ0) is 28.3. The number of fused-ring (bicyclic) bond motifs is 2. The van der Waals surface area contributed by atoms with E-state index in [0.717, 1.165) is 73.9 Å². The summed E-state index contributed by atoms with van der Waals surface area (Å²) in [7, 11) is 3.60. The Hall–Kier alpha value is -3.15. The summed E-state index contributed by atoms with van der Waals surface area (Å²) in [5.41, 5.74) is 1.42. The summed E-state index contributed by atoms with van der Waals surface area (Å²) < 4.78 is 12.3. The minimum Gasteiger partial charge on any atom is -0.497 e. The Morgan fingerprint density at radius 2 is 1.88 bits per heavy atom. The number of benzene rings is 3. The molecule has 1 saturated carbocycles. The van der Waals surface area contributed by atoms with Crippen molar-refractivity contribution >= 4 is 16.7 Å². The van der Waals surface area contributed by atoms with Gasteiger partial charge in [-0.25, -0.2) is 0 Å². The van der Waals surface area contributed by atoms with E-state index in [1.54, 1.807) is 7.11 Å². The van der Waals surface area contributed by atoms with Crippen molar-refractivity contribution in [2.45, 2.75) is 56.6 Å². The molecule has 0 N–H and O–H groups in total. The number of rotatable bonds is 9. The molecule has 40 heavy (non-hydrogen) atoms. The summed E-state index contributed by atoms with van der Waals surface area (Å²) in [5, 5.41) is 2.25. The fourth-order valence-electron chi connectivity index (χ4n) is 7.37. The van der Waals surface area contributed by atoms with Crippen LogP contribution >= 0.6 is 0 Å². The first-order valence-electron chi connectivity index (χ1n) is 14.7. The van der Waals surface area contributed by atoms with Crippen LogP contribution in [0.5, 0.6) is 5.75 Å². The van der Waals surface area contributed by atoms with Gasteiger partial charge in [0, 0.05) is 43.8 Å². The molecule has 1 aliphatic heterocycles. The van der Waals surface area contributed by atoms with Crippen molar-refractivity contribution in [2.24, 2.45) is 5.92 Å². The number of methoxy groups -OCH3 is 2. The highest BCUT2D eigenvalue weighted by Gasteiger charge is 2.59. The first-order chi connectivity index (χ1) is 19.3. The van der Waals surface area contributed by atoms with E-state index in [4.69, 9.17) is 9.47 Å². The lowest BCUT2D eigenvalue weighted by molar-refractivity contribution is -0.153. The summed E-state index contributed by atoms with van der Waals surface area (Å²) in [6.07, 6.45) is 5.60. The lowest BCUT2D eigenvalue weighted by Gasteiger charge is -2.60. The van der Waals surface area contributed by atoms with Gasteiger partial charge in [-0.1, -0.05) is 62.4 Å². The maximum Gasteiger partial charge on any atom is 0.254 e. The summed E-state index contributed by atoms with van der Waals surface area (Å²) in [5.74, 6) is 1.35. The molecule has 5 heteroatoms. The first-order valence-corrected chi connectivity index (χ1v) is 14.7. The van der Waals surface area contributed by atoms with Gasteiger partial charge in [-0.2, -0.15) is 0 Å². The molecule has 3 aromatic rings. The van der Waals surface area contributed by atoms with Crippen LogP contribution in [0.4, 0.5) is 0 Å². The molecule has 212 valence electrons. The predicted octanol–water partition coefficient (Wildman–Crippen LogP) is 6.71. The zero-order valence-corrected chi connectivity index (χ0v) is 24.6. The minimum atomic E-state index is -0.355. The number of piperidine rings is 1. The predicted molar refractivity (Wildman–Crippen MR) is 163 cm³/mol. The Morgan fingerprint density at radius 3 is 2.60 bits per heavy atom. The van der Waals surface area contributed by atoms with E-state index in [9.17, 15) is 4.79 Å². The monoisotopic (exact) mass is 540 g/mol. The van der Waals surface area contributed by atoms with Crippen molar-refractivity contribution < 1.29 is 14.3 Å². The maximum atomic E-state index is 14.3. The van der Waals surface area contributed by atoms with Gasteiger partial charge in [0.05, 0.1) is 12.7 Å². The number of amides is 1. The van der Waals surface area contributed by atoms with Crippen LogP contribution in [0.25, 0.3) is 10.8 Å². The second-order valence-corrected chi connectivity index (χ2v) is 12.1. The van der Waals surface area contributed by atoms with Crippen LogP contribution < -0.4 is 4.74 Å². The summed E-state index contributed by atoms with van der Waals surface area (Å²) in [4.78, 5) is 18.9. The number of carbonyl (C=O) groups is 1. The topological polar surface area (TPSA) is 42.0 Å². The van der Waals surface area contributed by atoms with Gasteiger partial charge in [-0.05, 0) is 78.7 Å². The molecule has 0 unspecified atom stereocenters. The van der Waals surface area contributed by atoms with Crippen LogP contribution in [0, 0.1) is 5.92 Å². The number of likely N-dealkylation sites (tertiary alicyclic amines) is 1. The molecule has 0 spiro atoms. The molecular formula is C35H44N2O3. The Kier molecular flexibility index (Phi) is 8.34. The van der Waals surface area contributed by atoms with E-state index < -0.39 is 0 Å². The van der Waals surface area contributed by atoms with Crippen LogP contribution in [0.3, 0.4) is 0 Å². The van der Waals surface area contributed by atoms with Gasteiger partial charge in [0.25, 0.3) is 5.91 Å². The van der Waals surface area contributed by atoms with Gasteiger partial charge in [-0.3, -0.25) is 9.69 Å². The summed E-state index contributed by atoms with van der Waals surface area (Å²) in [6.45, 7) is 11.8. The highest BCUT2D eigenvalue weighted by Crippen LogP contribution is 2.54. The van der Waals surface area contributed by atoms with Gasteiger partial charge >= 0.3 is 0 Å². The largest absolute Gasteiger partial charge is 0.497 e. The van der Waals surface area contributed by atoms with E-state index in [1.807, 2.05) is 37.5 Å². The maximum absolute atomic E-state index is 14.3. The highest BCUT2D eigenvalue weighted by atomic mass is 16.5. The molecule has 2 aliphatic rings. The molecule has 0 bridgehead atoms. The van der Waals surface area contributed by atoms with E-state index >= 15 is 0 Å². The molecule has 5 rings (SSSR count). The van der Waals surface area contributed by atoms with E-state index in [2.05, 4.69) is 72.7 Å².